The maximum Gasteiger partial charge on any atom is 0.256 e. The first-order valence-corrected chi connectivity index (χ1v) is 11.8. The number of hydrogen-bond donors (Lipinski definition) is 1. The number of ether oxygens (including phenoxy) is 1. The molecule has 2 aromatic carbocycles. The molecular weight excluding hydrogens is 461 g/mol. The van der Waals surface area contributed by atoms with Gasteiger partial charge in [-0.1, -0.05) is 30.7 Å². The fourth-order valence-corrected chi connectivity index (χ4v) is 4.75. The van der Waals surface area contributed by atoms with Gasteiger partial charge < -0.3 is 15.0 Å². The SMILES string of the molecule is CCCNC(=O)C1COC2(CCN(C(=O)c3ccccc3Cl)CC2)N1C(=O)c1ccc(F)cc1. The van der Waals surface area contributed by atoms with Crippen molar-refractivity contribution in [1.82, 2.24) is 15.1 Å². The zero-order chi connectivity index (χ0) is 24.3. The highest BCUT2D eigenvalue weighted by atomic mass is 35.5. The van der Waals surface area contributed by atoms with Crippen molar-refractivity contribution >= 4 is 29.3 Å². The molecule has 9 heteroatoms. The standard InChI is InChI=1S/C25H27ClFN3O4/c1-2-13-28-22(31)21-16-34-25(30(21)23(32)17-7-9-18(27)10-8-17)11-14-29(15-12-25)24(33)19-5-3-4-6-20(19)26/h3-10,21H,2,11-16H2,1H3,(H,28,31). The van der Waals surface area contributed by atoms with Crippen LogP contribution in [-0.2, 0) is 9.53 Å². The van der Waals surface area contributed by atoms with Crippen LogP contribution in [0.4, 0.5) is 4.39 Å². The summed E-state index contributed by atoms with van der Waals surface area (Å²) < 4.78 is 19.6. The van der Waals surface area contributed by atoms with Gasteiger partial charge in [-0.05, 0) is 42.8 Å². The third-order valence-corrected chi connectivity index (χ3v) is 6.69. The number of benzene rings is 2. The summed E-state index contributed by atoms with van der Waals surface area (Å²) in [7, 11) is 0. The lowest BCUT2D eigenvalue weighted by Crippen LogP contribution is -2.59. The smallest absolute Gasteiger partial charge is 0.256 e. The highest BCUT2D eigenvalue weighted by Crippen LogP contribution is 2.39. The maximum atomic E-state index is 13.5. The summed E-state index contributed by atoms with van der Waals surface area (Å²) in [4.78, 5) is 42.6. The van der Waals surface area contributed by atoms with E-state index in [1.54, 1.807) is 29.2 Å². The lowest BCUT2D eigenvalue weighted by Gasteiger charge is -2.44. The van der Waals surface area contributed by atoms with Gasteiger partial charge in [-0.15, -0.1) is 0 Å². The largest absolute Gasteiger partial charge is 0.354 e. The van der Waals surface area contributed by atoms with Crippen LogP contribution in [0, 0.1) is 5.82 Å². The number of nitrogens with zero attached hydrogens (tertiary/aromatic N) is 2. The second kappa shape index (κ2) is 10.1. The fraction of sp³-hybridized carbons (Fsp3) is 0.400. The number of piperidine rings is 1. The topological polar surface area (TPSA) is 79.0 Å². The van der Waals surface area contributed by atoms with E-state index >= 15 is 0 Å². The molecule has 34 heavy (non-hydrogen) atoms. The number of hydrogen-bond acceptors (Lipinski definition) is 4. The highest BCUT2D eigenvalue weighted by Gasteiger charge is 2.54. The molecule has 180 valence electrons. The molecule has 2 aromatic rings. The number of nitrogens with one attached hydrogen (secondary N) is 1. The summed E-state index contributed by atoms with van der Waals surface area (Å²) in [6.07, 6.45) is 1.44. The Morgan fingerprint density at radius 1 is 1.09 bits per heavy atom. The van der Waals surface area contributed by atoms with Crippen molar-refractivity contribution in [2.45, 2.75) is 38.0 Å². The van der Waals surface area contributed by atoms with Crippen molar-refractivity contribution in [3.05, 3.63) is 70.5 Å². The summed E-state index contributed by atoms with van der Waals surface area (Å²) in [6, 6.07) is 11.3. The Hall–Kier alpha value is -2.97. The number of halogens is 2. The quantitative estimate of drug-likeness (QED) is 0.700. The third-order valence-electron chi connectivity index (χ3n) is 6.36. The molecule has 1 spiro atoms. The second-order valence-electron chi connectivity index (χ2n) is 8.52. The van der Waals surface area contributed by atoms with E-state index in [1.165, 1.54) is 29.2 Å². The van der Waals surface area contributed by atoms with Crippen LogP contribution in [0.1, 0.15) is 46.9 Å². The van der Waals surface area contributed by atoms with Crippen LogP contribution >= 0.6 is 11.6 Å². The molecule has 0 saturated carbocycles. The number of carbonyl (C=O) groups is 3. The Morgan fingerprint density at radius 2 is 1.76 bits per heavy atom. The van der Waals surface area contributed by atoms with Crippen LogP contribution in [0.15, 0.2) is 48.5 Å². The van der Waals surface area contributed by atoms with Crippen molar-refractivity contribution in [2.75, 3.05) is 26.2 Å². The van der Waals surface area contributed by atoms with Crippen molar-refractivity contribution in [3.63, 3.8) is 0 Å². The number of rotatable bonds is 5. The molecule has 2 saturated heterocycles. The lowest BCUT2D eigenvalue weighted by molar-refractivity contribution is -0.128. The Balaban J connectivity index is 1.57. The number of likely N-dealkylation sites (tertiary alicyclic amines) is 1. The van der Waals surface area contributed by atoms with E-state index in [4.69, 9.17) is 16.3 Å². The normalized spacial score (nSPS) is 19.3. The van der Waals surface area contributed by atoms with Crippen molar-refractivity contribution < 1.29 is 23.5 Å². The molecule has 0 aromatic heterocycles. The molecule has 4 rings (SSSR count). The van der Waals surface area contributed by atoms with E-state index in [9.17, 15) is 18.8 Å². The van der Waals surface area contributed by atoms with E-state index in [2.05, 4.69) is 5.32 Å². The third kappa shape index (κ3) is 4.65. The summed E-state index contributed by atoms with van der Waals surface area (Å²) in [5, 5.41) is 3.22. The monoisotopic (exact) mass is 487 g/mol. The van der Waals surface area contributed by atoms with Gasteiger partial charge in [-0.25, -0.2) is 4.39 Å². The minimum Gasteiger partial charge on any atom is -0.354 e. The summed E-state index contributed by atoms with van der Waals surface area (Å²) in [5.74, 6) is -1.33. The molecular formula is C25H27ClFN3O4. The van der Waals surface area contributed by atoms with Crippen molar-refractivity contribution in [1.29, 1.82) is 0 Å². The highest BCUT2D eigenvalue weighted by molar-refractivity contribution is 6.33. The van der Waals surface area contributed by atoms with Gasteiger partial charge in [0.25, 0.3) is 11.8 Å². The van der Waals surface area contributed by atoms with Gasteiger partial charge in [0.2, 0.25) is 5.91 Å². The molecule has 1 atom stereocenters. The molecule has 0 bridgehead atoms. The molecule has 0 radical (unpaired) electrons. The Bertz CT molecular complexity index is 1070. The van der Waals surface area contributed by atoms with Gasteiger partial charge in [-0.2, -0.15) is 0 Å². The van der Waals surface area contributed by atoms with Crippen LogP contribution in [0.3, 0.4) is 0 Å². The summed E-state index contributed by atoms with van der Waals surface area (Å²) in [6.45, 7) is 3.16. The molecule has 7 nitrogen and oxygen atoms in total. The van der Waals surface area contributed by atoms with Gasteiger partial charge >= 0.3 is 0 Å². The van der Waals surface area contributed by atoms with Gasteiger partial charge in [-0.3, -0.25) is 19.3 Å². The molecule has 2 aliphatic heterocycles. The zero-order valence-electron chi connectivity index (χ0n) is 18.9. The van der Waals surface area contributed by atoms with Crippen LogP contribution in [0.25, 0.3) is 0 Å². The van der Waals surface area contributed by atoms with Crippen LogP contribution in [0.5, 0.6) is 0 Å². The van der Waals surface area contributed by atoms with Crippen molar-refractivity contribution in [3.8, 4) is 0 Å². The van der Waals surface area contributed by atoms with Gasteiger partial charge in [0.05, 0.1) is 17.2 Å². The predicted octanol–water partition coefficient (Wildman–Crippen LogP) is 3.48. The molecule has 1 unspecified atom stereocenters. The fourth-order valence-electron chi connectivity index (χ4n) is 4.53. The first kappa shape index (κ1) is 24.2. The first-order chi connectivity index (χ1) is 16.4. The molecule has 2 aliphatic rings. The Morgan fingerprint density at radius 3 is 2.41 bits per heavy atom. The van der Waals surface area contributed by atoms with Gasteiger partial charge in [0.15, 0.2) is 0 Å². The van der Waals surface area contributed by atoms with Crippen LogP contribution in [0.2, 0.25) is 5.02 Å². The average molecular weight is 488 g/mol. The summed E-state index contributed by atoms with van der Waals surface area (Å²) >= 11 is 6.20. The predicted molar refractivity (Wildman–Crippen MR) is 125 cm³/mol. The Labute approximate surface area is 202 Å². The van der Waals surface area contributed by atoms with E-state index < -0.39 is 23.5 Å². The molecule has 3 amide bonds. The lowest BCUT2D eigenvalue weighted by atomic mass is 9.96. The van der Waals surface area contributed by atoms with Gasteiger partial charge in [0.1, 0.15) is 17.6 Å². The Kier molecular flexibility index (Phi) is 7.19. The molecule has 2 heterocycles. The van der Waals surface area contributed by atoms with Crippen LogP contribution in [-0.4, -0.2) is 65.5 Å². The van der Waals surface area contributed by atoms with E-state index in [0.29, 0.717) is 43.1 Å². The number of amides is 3. The molecule has 1 N–H and O–H groups in total. The van der Waals surface area contributed by atoms with E-state index in [1.807, 2.05) is 6.92 Å². The zero-order valence-corrected chi connectivity index (χ0v) is 19.7. The minimum absolute atomic E-state index is 0.0565. The van der Waals surface area contributed by atoms with E-state index in [0.717, 1.165) is 6.42 Å². The second-order valence-corrected chi connectivity index (χ2v) is 8.93. The molecule has 2 fully saturated rings. The number of carbonyl (C=O) groups excluding carboxylic acids is 3. The van der Waals surface area contributed by atoms with E-state index in [-0.39, 0.29) is 24.0 Å². The average Bonchev–Trinajstić information content (AvgIpc) is 3.21. The maximum absolute atomic E-state index is 13.5. The first-order valence-electron chi connectivity index (χ1n) is 11.4. The van der Waals surface area contributed by atoms with Crippen LogP contribution < -0.4 is 5.32 Å². The minimum atomic E-state index is -1.03. The van der Waals surface area contributed by atoms with Crippen molar-refractivity contribution in [2.24, 2.45) is 0 Å². The summed E-state index contributed by atoms with van der Waals surface area (Å²) in [5.41, 5.74) is -0.339. The molecule has 0 aliphatic carbocycles. The van der Waals surface area contributed by atoms with Gasteiger partial charge in [0, 0.05) is 38.0 Å².